The molecule has 0 saturated heterocycles. The van der Waals surface area contributed by atoms with Crippen molar-refractivity contribution < 1.29 is 14.3 Å². The number of carbonyl (C=O) groups excluding carboxylic acids is 1. The van der Waals surface area contributed by atoms with Crippen molar-refractivity contribution in [3.8, 4) is 17.6 Å². The van der Waals surface area contributed by atoms with Crippen LogP contribution in [0.1, 0.15) is 25.0 Å². The maximum absolute atomic E-state index is 12.4. The zero-order chi connectivity index (χ0) is 19.1. The fourth-order valence-corrected chi connectivity index (χ4v) is 2.36. The van der Waals surface area contributed by atoms with E-state index in [2.05, 4.69) is 5.32 Å². The van der Waals surface area contributed by atoms with E-state index in [0.29, 0.717) is 22.7 Å². The number of hydrogen-bond donors (Lipinski definition) is 1. The molecule has 2 aromatic rings. The summed E-state index contributed by atoms with van der Waals surface area (Å²) in [5.74, 6) is 0.700. The van der Waals surface area contributed by atoms with E-state index in [-0.39, 0.29) is 11.7 Å². The maximum Gasteiger partial charge on any atom is 0.266 e. The molecular weight excluding hydrogens is 328 g/mol. The number of nitrogens with one attached hydrogen (secondary N) is 1. The van der Waals surface area contributed by atoms with E-state index < -0.39 is 5.91 Å². The summed E-state index contributed by atoms with van der Waals surface area (Å²) in [5, 5.41) is 12.1. The topological polar surface area (TPSA) is 71.3 Å². The number of rotatable bonds is 6. The number of amides is 1. The molecule has 2 rings (SSSR count). The third-order valence-electron chi connectivity index (χ3n) is 3.50. The Morgan fingerprint density at radius 2 is 1.96 bits per heavy atom. The lowest BCUT2D eigenvalue weighted by Gasteiger charge is -2.14. The summed E-state index contributed by atoms with van der Waals surface area (Å²) in [6.07, 6.45) is 1.53. The van der Waals surface area contributed by atoms with Crippen LogP contribution in [0.4, 0.5) is 5.69 Å². The summed E-state index contributed by atoms with van der Waals surface area (Å²) in [6, 6.07) is 14.6. The first-order valence-corrected chi connectivity index (χ1v) is 8.27. The van der Waals surface area contributed by atoms with Crippen molar-refractivity contribution in [2.75, 3.05) is 12.4 Å². The number of carbonyl (C=O) groups is 1. The van der Waals surface area contributed by atoms with Crippen LogP contribution >= 0.6 is 0 Å². The molecule has 0 aliphatic rings. The first-order chi connectivity index (χ1) is 12.4. The van der Waals surface area contributed by atoms with E-state index in [9.17, 15) is 10.1 Å². The van der Waals surface area contributed by atoms with Gasteiger partial charge in [-0.25, -0.2) is 0 Å². The Kier molecular flexibility index (Phi) is 6.40. The predicted molar refractivity (Wildman–Crippen MR) is 102 cm³/mol. The predicted octanol–water partition coefficient (Wildman–Crippen LogP) is 4.34. The molecular formula is C21H22N2O3. The Labute approximate surface area is 153 Å². The third kappa shape index (κ3) is 5.12. The Balaban J connectivity index is 2.24. The summed E-state index contributed by atoms with van der Waals surface area (Å²) >= 11 is 0. The van der Waals surface area contributed by atoms with E-state index in [1.54, 1.807) is 31.4 Å². The van der Waals surface area contributed by atoms with Crippen molar-refractivity contribution in [1.29, 1.82) is 5.26 Å². The molecule has 0 radical (unpaired) electrons. The number of anilines is 1. The largest absolute Gasteiger partial charge is 0.493 e. The van der Waals surface area contributed by atoms with Crippen LogP contribution in [0, 0.1) is 18.3 Å². The van der Waals surface area contributed by atoms with Gasteiger partial charge in [-0.05, 0) is 62.2 Å². The molecule has 0 aliphatic heterocycles. The lowest BCUT2D eigenvalue weighted by atomic mass is 10.1. The van der Waals surface area contributed by atoms with Crippen LogP contribution in [-0.2, 0) is 4.79 Å². The van der Waals surface area contributed by atoms with Crippen molar-refractivity contribution in [2.45, 2.75) is 26.9 Å². The normalized spacial score (nSPS) is 11.0. The Morgan fingerprint density at radius 1 is 1.19 bits per heavy atom. The first-order valence-electron chi connectivity index (χ1n) is 8.27. The quantitative estimate of drug-likeness (QED) is 0.621. The molecule has 134 valence electrons. The monoisotopic (exact) mass is 350 g/mol. The van der Waals surface area contributed by atoms with Gasteiger partial charge < -0.3 is 14.8 Å². The van der Waals surface area contributed by atoms with Crippen molar-refractivity contribution in [3.63, 3.8) is 0 Å². The minimum absolute atomic E-state index is 0.00564. The minimum Gasteiger partial charge on any atom is -0.493 e. The van der Waals surface area contributed by atoms with Gasteiger partial charge in [-0.1, -0.05) is 18.2 Å². The Hall–Kier alpha value is -3.26. The van der Waals surface area contributed by atoms with Gasteiger partial charge >= 0.3 is 0 Å². The van der Waals surface area contributed by atoms with Gasteiger partial charge in [0.2, 0.25) is 0 Å². The molecule has 5 nitrogen and oxygen atoms in total. The number of benzene rings is 2. The van der Waals surface area contributed by atoms with Gasteiger partial charge in [-0.3, -0.25) is 4.79 Å². The molecule has 0 fully saturated rings. The molecule has 0 spiro atoms. The third-order valence-corrected chi connectivity index (χ3v) is 3.50. The summed E-state index contributed by atoms with van der Waals surface area (Å²) in [5.41, 5.74) is 2.35. The molecule has 1 amide bonds. The molecule has 0 aliphatic carbocycles. The molecule has 0 unspecified atom stereocenters. The van der Waals surface area contributed by atoms with Crippen molar-refractivity contribution in [2.24, 2.45) is 0 Å². The van der Waals surface area contributed by atoms with Crippen molar-refractivity contribution in [3.05, 3.63) is 59.2 Å². The maximum atomic E-state index is 12.4. The van der Waals surface area contributed by atoms with Gasteiger partial charge in [0.1, 0.15) is 11.6 Å². The average Bonchev–Trinajstić information content (AvgIpc) is 2.60. The molecule has 0 bridgehead atoms. The van der Waals surface area contributed by atoms with Crippen molar-refractivity contribution >= 4 is 17.7 Å². The Bertz CT molecular complexity index is 864. The standard InChI is InChI=1S/C21H22N2O3/c1-14(2)26-19-9-8-16(12-20(19)25-4)11-17(13-22)21(24)23-18-7-5-6-15(3)10-18/h5-12,14H,1-4H3,(H,23,24)/b17-11-. The number of nitrogens with zero attached hydrogens (tertiary/aromatic N) is 1. The van der Waals surface area contributed by atoms with Crippen LogP contribution in [-0.4, -0.2) is 19.1 Å². The number of nitriles is 1. The van der Waals surface area contributed by atoms with Crippen LogP contribution in [0.25, 0.3) is 6.08 Å². The number of ether oxygens (including phenoxy) is 2. The highest BCUT2D eigenvalue weighted by molar-refractivity contribution is 6.09. The highest BCUT2D eigenvalue weighted by Gasteiger charge is 2.12. The van der Waals surface area contributed by atoms with E-state index in [1.165, 1.54) is 6.08 Å². The molecule has 0 saturated carbocycles. The van der Waals surface area contributed by atoms with Crippen molar-refractivity contribution in [1.82, 2.24) is 0 Å². The molecule has 2 aromatic carbocycles. The first kappa shape index (κ1) is 19.1. The molecule has 5 heteroatoms. The number of aryl methyl sites for hydroxylation is 1. The average molecular weight is 350 g/mol. The highest BCUT2D eigenvalue weighted by Crippen LogP contribution is 2.29. The van der Waals surface area contributed by atoms with Gasteiger partial charge in [0.25, 0.3) is 5.91 Å². The van der Waals surface area contributed by atoms with Gasteiger partial charge in [0.05, 0.1) is 13.2 Å². The molecule has 26 heavy (non-hydrogen) atoms. The van der Waals surface area contributed by atoms with E-state index >= 15 is 0 Å². The minimum atomic E-state index is -0.459. The smallest absolute Gasteiger partial charge is 0.266 e. The summed E-state index contributed by atoms with van der Waals surface area (Å²) < 4.78 is 11.0. The van der Waals surface area contributed by atoms with E-state index in [4.69, 9.17) is 9.47 Å². The van der Waals surface area contributed by atoms with Crippen LogP contribution in [0.3, 0.4) is 0 Å². The van der Waals surface area contributed by atoms with Gasteiger partial charge in [0.15, 0.2) is 11.5 Å². The van der Waals surface area contributed by atoms with E-state index in [1.807, 2.05) is 45.0 Å². The number of hydrogen-bond acceptors (Lipinski definition) is 4. The van der Waals surface area contributed by atoms with Crippen LogP contribution in [0.2, 0.25) is 0 Å². The number of methoxy groups -OCH3 is 1. The second-order valence-electron chi connectivity index (χ2n) is 6.07. The van der Waals surface area contributed by atoms with Crippen LogP contribution in [0.5, 0.6) is 11.5 Å². The van der Waals surface area contributed by atoms with Crippen LogP contribution < -0.4 is 14.8 Å². The lowest BCUT2D eigenvalue weighted by Crippen LogP contribution is -2.13. The SMILES string of the molecule is COc1cc(/C=C(/C#N)C(=O)Nc2cccc(C)c2)ccc1OC(C)C. The van der Waals surface area contributed by atoms with Gasteiger partial charge in [-0.15, -0.1) is 0 Å². The van der Waals surface area contributed by atoms with Crippen LogP contribution in [0.15, 0.2) is 48.0 Å². The molecule has 0 heterocycles. The zero-order valence-electron chi connectivity index (χ0n) is 15.4. The fourth-order valence-electron chi connectivity index (χ4n) is 2.36. The lowest BCUT2D eigenvalue weighted by molar-refractivity contribution is -0.112. The van der Waals surface area contributed by atoms with Gasteiger partial charge in [-0.2, -0.15) is 5.26 Å². The fraction of sp³-hybridized carbons (Fsp3) is 0.238. The molecule has 0 atom stereocenters. The highest BCUT2D eigenvalue weighted by atomic mass is 16.5. The Morgan fingerprint density at radius 3 is 2.58 bits per heavy atom. The molecule has 0 aromatic heterocycles. The zero-order valence-corrected chi connectivity index (χ0v) is 15.4. The summed E-state index contributed by atoms with van der Waals surface area (Å²) in [7, 11) is 1.55. The van der Waals surface area contributed by atoms with E-state index in [0.717, 1.165) is 5.56 Å². The second-order valence-corrected chi connectivity index (χ2v) is 6.07. The second kappa shape index (κ2) is 8.72. The summed E-state index contributed by atoms with van der Waals surface area (Å²) in [6.45, 7) is 5.79. The summed E-state index contributed by atoms with van der Waals surface area (Å²) in [4.78, 5) is 12.4. The van der Waals surface area contributed by atoms with Gasteiger partial charge in [0, 0.05) is 5.69 Å². The molecule has 1 N–H and O–H groups in total.